The first-order chi connectivity index (χ1) is 13.4. The Kier molecular flexibility index (Phi) is 5.69. The number of sulfonamides is 1. The maximum absolute atomic E-state index is 13.2. The van der Waals surface area contributed by atoms with Gasteiger partial charge in [-0.1, -0.05) is 6.07 Å². The molecule has 0 saturated heterocycles. The maximum Gasteiger partial charge on any atom is 0.435 e. The molecule has 0 bridgehead atoms. The molecular weight excluding hydrogens is 424 g/mol. The van der Waals surface area contributed by atoms with Crippen molar-refractivity contribution in [3.63, 3.8) is 0 Å². The monoisotopic (exact) mass is 441 g/mol. The lowest BCUT2D eigenvalue weighted by Crippen LogP contribution is -2.28. The number of nitrogens with one attached hydrogen (secondary N) is 1. The number of benzene rings is 1. The van der Waals surface area contributed by atoms with Crippen LogP contribution in [0.2, 0.25) is 0 Å². The highest BCUT2D eigenvalue weighted by molar-refractivity contribution is 7.89. The molecular formula is C17H17F6N3O2S. The van der Waals surface area contributed by atoms with E-state index in [9.17, 15) is 34.8 Å². The quantitative estimate of drug-likeness (QED) is 0.719. The van der Waals surface area contributed by atoms with Crippen molar-refractivity contribution in [1.82, 2.24) is 14.5 Å². The van der Waals surface area contributed by atoms with Gasteiger partial charge in [0.05, 0.1) is 17.0 Å². The van der Waals surface area contributed by atoms with Crippen LogP contribution in [0.1, 0.15) is 35.4 Å². The first-order valence-electron chi connectivity index (χ1n) is 8.72. The second kappa shape index (κ2) is 7.63. The molecule has 0 amide bonds. The number of rotatable bonds is 5. The fourth-order valence-electron chi connectivity index (χ4n) is 3.29. The van der Waals surface area contributed by atoms with E-state index < -0.39 is 38.5 Å². The van der Waals surface area contributed by atoms with Gasteiger partial charge in [-0.15, -0.1) is 0 Å². The molecule has 0 saturated carbocycles. The summed E-state index contributed by atoms with van der Waals surface area (Å²) in [5.74, 6) is 0. The number of halogens is 6. The second-order valence-electron chi connectivity index (χ2n) is 6.63. The van der Waals surface area contributed by atoms with Gasteiger partial charge in [0.25, 0.3) is 0 Å². The molecule has 0 fully saturated rings. The summed E-state index contributed by atoms with van der Waals surface area (Å²) in [5, 5.41) is 3.61. The third-order valence-electron chi connectivity index (χ3n) is 4.61. The summed E-state index contributed by atoms with van der Waals surface area (Å²) in [6.45, 7) is -0.486. The van der Waals surface area contributed by atoms with Gasteiger partial charge in [-0.05, 0) is 43.9 Å². The molecule has 1 heterocycles. The fraction of sp³-hybridized carbons (Fsp3) is 0.471. The van der Waals surface area contributed by atoms with E-state index in [1.54, 1.807) is 0 Å². The third-order valence-corrected chi connectivity index (χ3v) is 6.07. The molecule has 0 unspecified atom stereocenters. The summed E-state index contributed by atoms with van der Waals surface area (Å²) in [5.41, 5.74) is -1.53. The molecule has 2 aromatic rings. The summed E-state index contributed by atoms with van der Waals surface area (Å²) in [4.78, 5) is -0.578. The van der Waals surface area contributed by atoms with E-state index in [0.29, 0.717) is 31.0 Å². The molecule has 29 heavy (non-hydrogen) atoms. The molecule has 1 aliphatic carbocycles. The molecule has 1 aromatic carbocycles. The molecule has 3 rings (SSSR count). The Morgan fingerprint density at radius 2 is 1.72 bits per heavy atom. The first kappa shape index (κ1) is 21.6. The van der Waals surface area contributed by atoms with Gasteiger partial charge in [-0.3, -0.25) is 4.68 Å². The van der Waals surface area contributed by atoms with E-state index in [-0.39, 0.29) is 25.1 Å². The minimum Gasteiger partial charge on any atom is -0.267 e. The maximum atomic E-state index is 13.2. The highest BCUT2D eigenvalue weighted by Crippen LogP contribution is 2.35. The van der Waals surface area contributed by atoms with Crippen LogP contribution < -0.4 is 4.72 Å². The number of hydrogen-bond donors (Lipinski definition) is 1. The summed E-state index contributed by atoms with van der Waals surface area (Å²) in [7, 11) is -4.27. The van der Waals surface area contributed by atoms with Gasteiger partial charge in [0, 0.05) is 17.8 Å². The van der Waals surface area contributed by atoms with Crippen LogP contribution in [-0.2, 0) is 41.8 Å². The van der Waals surface area contributed by atoms with E-state index in [0.717, 1.165) is 22.9 Å². The Balaban J connectivity index is 1.76. The highest BCUT2D eigenvalue weighted by Gasteiger charge is 2.39. The predicted octanol–water partition coefficient (Wildman–Crippen LogP) is 3.78. The van der Waals surface area contributed by atoms with E-state index in [2.05, 4.69) is 9.82 Å². The van der Waals surface area contributed by atoms with Crippen LogP contribution in [0.4, 0.5) is 26.3 Å². The molecule has 160 valence electrons. The zero-order chi connectivity index (χ0) is 21.4. The van der Waals surface area contributed by atoms with Crippen molar-refractivity contribution < 1.29 is 34.8 Å². The third kappa shape index (κ3) is 4.74. The minimum atomic E-state index is -4.70. The number of hydrogen-bond acceptors (Lipinski definition) is 3. The average Bonchev–Trinajstić information content (AvgIpc) is 3.00. The van der Waals surface area contributed by atoms with Crippen molar-refractivity contribution in [1.29, 1.82) is 0 Å². The van der Waals surface area contributed by atoms with Crippen molar-refractivity contribution in [2.24, 2.45) is 0 Å². The van der Waals surface area contributed by atoms with Crippen LogP contribution in [0, 0.1) is 0 Å². The van der Waals surface area contributed by atoms with Crippen LogP contribution in [0.15, 0.2) is 29.2 Å². The van der Waals surface area contributed by atoms with Gasteiger partial charge in [-0.2, -0.15) is 31.4 Å². The summed E-state index contributed by atoms with van der Waals surface area (Å²) < 4.78 is 106. The predicted molar refractivity (Wildman–Crippen MR) is 90.5 cm³/mol. The molecule has 0 atom stereocenters. The normalized spacial score (nSPS) is 15.4. The second-order valence-corrected chi connectivity index (χ2v) is 8.39. The van der Waals surface area contributed by atoms with E-state index >= 15 is 0 Å². The molecule has 1 aromatic heterocycles. The highest BCUT2D eigenvalue weighted by atomic mass is 32.2. The fourth-order valence-corrected chi connectivity index (χ4v) is 4.36. The Bertz CT molecular complexity index is 996. The number of fused-ring (bicyclic) bond motifs is 1. The molecule has 1 aliphatic rings. The summed E-state index contributed by atoms with van der Waals surface area (Å²) >= 11 is 0. The van der Waals surface area contributed by atoms with Crippen molar-refractivity contribution in [3.05, 3.63) is 46.8 Å². The van der Waals surface area contributed by atoms with Crippen molar-refractivity contribution >= 4 is 10.0 Å². The Morgan fingerprint density at radius 3 is 2.38 bits per heavy atom. The van der Waals surface area contributed by atoms with E-state index in [1.807, 2.05) is 0 Å². The first-order valence-corrected chi connectivity index (χ1v) is 10.2. The Labute approximate surface area is 162 Å². The lowest BCUT2D eigenvalue weighted by Gasteiger charge is -2.15. The SMILES string of the molecule is O=S(=O)(NCCn1nc(C(F)(F)F)c2c1CCCC2)c1cccc(C(F)(F)F)c1. The van der Waals surface area contributed by atoms with Crippen LogP contribution in [0.3, 0.4) is 0 Å². The molecule has 0 spiro atoms. The number of aromatic nitrogens is 2. The largest absolute Gasteiger partial charge is 0.435 e. The average molecular weight is 441 g/mol. The topological polar surface area (TPSA) is 64.0 Å². The zero-order valence-corrected chi connectivity index (χ0v) is 15.8. The molecule has 5 nitrogen and oxygen atoms in total. The van der Waals surface area contributed by atoms with Gasteiger partial charge in [0.2, 0.25) is 10.0 Å². The van der Waals surface area contributed by atoms with Crippen LogP contribution in [0.5, 0.6) is 0 Å². The molecule has 12 heteroatoms. The number of alkyl halides is 6. The lowest BCUT2D eigenvalue weighted by molar-refractivity contribution is -0.142. The molecule has 0 aliphatic heterocycles. The van der Waals surface area contributed by atoms with Gasteiger partial charge < -0.3 is 0 Å². The van der Waals surface area contributed by atoms with Gasteiger partial charge >= 0.3 is 12.4 Å². The molecule has 0 radical (unpaired) electrons. The van der Waals surface area contributed by atoms with Crippen molar-refractivity contribution in [3.8, 4) is 0 Å². The van der Waals surface area contributed by atoms with Crippen LogP contribution in [0.25, 0.3) is 0 Å². The van der Waals surface area contributed by atoms with Crippen LogP contribution in [-0.4, -0.2) is 24.7 Å². The summed E-state index contributed by atoms with van der Waals surface area (Å²) in [6, 6.07) is 3.22. The van der Waals surface area contributed by atoms with Crippen molar-refractivity contribution in [2.75, 3.05) is 6.54 Å². The van der Waals surface area contributed by atoms with E-state index in [1.165, 1.54) is 0 Å². The van der Waals surface area contributed by atoms with Gasteiger partial charge in [0.1, 0.15) is 0 Å². The van der Waals surface area contributed by atoms with Crippen molar-refractivity contribution in [2.45, 2.75) is 49.5 Å². The molecule has 1 N–H and O–H groups in total. The smallest absolute Gasteiger partial charge is 0.267 e. The number of nitrogens with zero attached hydrogens (tertiary/aromatic N) is 2. The van der Waals surface area contributed by atoms with Gasteiger partial charge in [0.15, 0.2) is 5.69 Å². The van der Waals surface area contributed by atoms with Gasteiger partial charge in [-0.25, -0.2) is 13.1 Å². The Hall–Kier alpha value is -2.08. The summed E-state index contributed by atoms with van der Waals surface area (Å²) in [6.07, 6.45) is -7.34. The lowest BCUT2D eigenvalue weighted by atomic mass is 9.95. The van der Waals surface area contributed by atoms with E-state index in [4.69, 9.17) is 0 Å². The van der Waals surface area contributed by atoms with Crippen LogP contribution >= 0.6 is 0 Å². The standard InChI is InChI=1S/C17H17F6N3O2S/c18-16(19,20)11-4-3-5-12(10-11)29(27,28)24-8-9-26-14-7-2-1-6-13(14)15(25-26)17(21,22)23/h3-5,10,24H,1-2,6-9H2. The Morgan fingerprint density at radius 1 is 1.03 bits per heavy atom. The minimum absolute atomic E-state index is 0.129. The zero-order valence-electron chi connectivity index (χ0n) is 14.9.